The molecule has 0 aliphatic carbocycles. The molecule has 0 aromatic rings. The SMILES string of the molecule is CCO[Si](CCCN1C(=O)N(CCNC(=O)CCSCC(C)C(=O)NCCCS(=O)(=O)[O-])C1=O)(OCC)OCC.[Na+]. The van der Waals surface area contributed by atoms with Crippen molar-refractivity contribution in [1.29, 1.82) is 0 Å². The predicted molar refractivity (Wildman–Crippen MR) is 151 cm³/mol. The second-order valence-electron chi connectivity index (χ2n) is 8.94. The maximum absolute atomic E-state index is 12.4. The standard InChI is InChI=1S/C23H44N4O10S2Si.Na/c1-5-35-40(36-6-2,37-7-3)17-9-13-26-22(30)27(23(26)31)14-12-24-20(28)10-15-38-18-19(4)21(29)25-11-8-16-39(32,33)34;/h19H,5-18H2,1-4H3,(H,24,28)(H,25,29)(H,32,33,34);/q;+1/p-1. The molecule has 1 aliphatic rings. The summed E-state index contributed by atoms with van der Waals surface area (Å²) in [5.41, 5.74) is 0. The van der Waals surface area contributed by atoms with E-state index >= 15 is 0 Å². The Labute approximate surface area is 270 Å². The smallest absolute Gasteiger partial charge is 0.748 e. The first-order chi connectivity index (χ1) is 18.9. The van der Waals surface area contributed by atoms with Crippen molar-refractivity contribution < 1.29 is 75.0 Å². The first-order valence-electron chi connectivity index (χ1n) is 13.5. The fraction of sp³-hybridized carbons (Fsp3) is 0.826. The normalized spacial score (nSPS) is 14.4. The number of amides is 6. The van der Waals surface area contributed by atoms with Gasteiger partial charge >= 0.3 is 50.4 Å². The Morgan fingerprint density at radius 1 is 0.951 bits per heavy atom. The van der Waals surface area contributed by atoms with Gasteiger partial charge in [0, 0.05) is 81.6 Å². The van der Waals surface area contributed by atoms with E-state index in [1.165, 1.54) is 11.8 Å². The van der Waals surface area contributed by atoms with E-state index in [1.54, 1.807) is 6.92 Å². The number of hydrogen-bond acceptors (Lipinski definition) is 11. The van der Waals surface area contributed by atoms with Crippen molar-refractivity contribution >= 4 is 54.6 Å². The van der Waals surface area contributed by atoms with Gasteiger partial charge in [-0.05, 0) is 33.6 Å². The molecule has 1 unspecified atom stereocenters. The third kappa shape index (κ3) is 15.5. The van der Waals surface area contributed by atoms with E-state index in [2.05, 4.69) is 10.6 Å². The third-order valence-electron chi connectivity index (χ3n) is 5.70. The summed E-state index contributed by atoms with van der Waals surface area (Å²) in [6.45, 7) is 9.21. The van der Waals surface area contributed by atoms with Gasteiger partial charge in [0.15, 0.2) is 0 Å². The zero-order valence-corrected chi connectivity index (χ0v) is 29.4. The van der Waals surface area contributed by atoms with Gasteiger partial charge in [0.05, 0.1) is 10.1 Å². The molecule has 0 radical (unpaired) electrons. The molecule has 41 heavy (non-hydrogen) atoms. The van der Waals surface area contributed by atoms with Gasteiger partial charge in [0.2, 0.25) is 11.8 Å². The van der Waals surface area contributed by atoms with Gasteiger partial charge in [-0.25, -0.2) is 27.8 Å². The van der Waals surface area contributed by atoms with E-state index in [0.717, 1.165) is 9.80 Å². The van der Waals surface area contributed by atoms with Gasteiger partial charge in [-0.1, -0.05) is 6.92 Å². The Balaban J connectivity index is 0.0000160. The number of carbonyl (C=O) groups excluding carboxylic acids is 4. The molecule has 0 bridgehead atoms. The largest absolute Gasteiger partial charge is 1.00 e. The summed E-state index contributed by atoms with van der Waals surface area (Å²) in [4.78, 5) is 51.1. The molecule has 0 aromatic heterocycles. The van der Waals surface area contributed by atoms with Crippen LogP contribution in [-0.2, 0) is 33.0 Å². The van der Waals surface area contributed by atoms with Gasteiger partial charge in [0.1, 0.15) is 0 Å². The summed E-state index contributed by atoms with van der Waals surface area (Å²) < 4.78 is 49.1. The van der Waals surface area contributed by atoms with Crippen molar-refractivity contribution in [3.05, 3.63) is 0 Å². The van der Waals surface area contributed by atoms with Crippen LogP contribution in [0.3, 0.4) is 0 Å². The number of carbonyl (C=O) groups is 4. The van der Waals surface area contributed by atoms with E-state index in [9.17, 15) is 32.1 Å². The number of thioether (sulfide) groups is 1. The minimum atomic E-state index is -4.29. The van der Waals surface area contributed by atoms with Crippen LogP contribution in [-0.4, -0.2) is 119 Å². The van der Waals surface area contributed by atoms with Gasteiger partial charge in [0.25, 0.3) is 0 Å². The van der Waals surface area contributed by atoms with Crippen LogP contribution in [0.5, 0.6) is 0 Å². The van der Waals surface area contributed by atoms with Crippen LogP contribution in [0.1, 0.15) is 47.0 Å². The molecule has 1 rings (SSSR count). The Morgan fingerprint density at radius 3 is 2.05 bits per heavy atom. The molecule has 1 atom stereocenters. The molecule has 14 nitrogen and oxygen atoms in total. The number of urea groups is 2. The van der Waals surface area contributed by atoms with Crippen LogP contribution in [0.2, 0.25) is 6.04 Å². The molecule has 1 fully saturated rings. The zero-order chi connectivity index (χ0) is 30.2. The average molecular weight is 651 g/mol. The number of nitrogens with zero attached hydrogens (tertiary/aromatic N) is 2. The van der Waals surface area contributed by atoms with E-state index in [1.807, 2.05) is 20.8 Å². The Hall–Kier alpha value is -0.763. The van der Waals surface area contributed by atoms with Gasteiger partial charge < -0.3 is 28.5 Å². The molecule has 1 aliphatic heterocycles. The van der Waals surface area contributed by atoms with Gasteiger partial charge in [-0.3, -0.25) is 9.59 Å². The van der Waals surface area contributed by atoms with Crippen molar-refractivity contribution in [2.24, 2.45) is 5.92 Å². The Bertz CT molecular complexity index is 914. The van der Waals surface area contributed by atoms with Crippen LogP contribution < -0.4 is 40.2 Å². The van der Waals surface area contributed by atoms with E-state index in [4.69, 9.17) is 13.3 Å². The number of hydrogen-bond donors (Lipinski definition) is 2. The molecule has 18 heteroatoms. The van der Waals surface area contributed by atoms with Crippen molar-refractivity contribution in [2.75, 3.05) is 63.3 Å². The van der Waals surface area contributed by atoms with Gasteiger partial charge in [-0.2, -0.15) is 11.8 Å². The maximum atomic E-state index is 12.4. The van der Waals surface area contributed by atoms with Crippen LogP contribution in [0.25, 0.3) is 0 Å². The van der Waals surface area contributed by atoms with Crippen LogP contribution in [0.4, 0.5) is 9.59 Å². The van der Waals surface area contributed by atoms with Crippen LogP contribution >= 0.6 is 11.8 Å². The third-order valence-corrected chi connectivity index (χ3v) is 10.9. The first-order valence-corrected chi connectivity index (χ1v) is 18.2. The topological polar surface area (TPSA) is 184 Å². The summed E-state index contributed by atoms with van der Waals surface area (Å²) in [5, 5.41) is 5.27. The number of imide groups is 2. The quantitative estimate of drug-likeness (QED) is 0.0724. The molecule has 1 heterocycles. The molecular formula is C23H43N4NaO10S2Si. The van der Waals surface area contributed by atoms with Crippen molar-refractivity contribution in [2.45, 2.75) is 53.0 Å². The summed E-state index contributed by atoms with van der Waals surface area (Å²) in [6.07, 6.45) is 0.765. The molecule has 0 spiro atoms. The average Bonchev–Trinajstić information content (AvgIpc) is 2.89. The minimum absolute atomic E-state index is 0. The summed E-state index contributed by atoms with van der Waals surface area (Å²) >= 11 is 1.42. The van der Waals surface area contributed by atoms with E-state index in [-0.39, 0.29) is 86.3 Å². The Morgan fingerprint density at radius 2 is 1.51 bits per heavy atom. The van der Waals surface area contributed by atoms with Crippen molar-refractivity contribution in [3.63, 3.8) is 0 Å². The fourth-order valence-electron chi connectivity index (χ4n) is 3.78. The summed E-state index contributed by atoms with van der Waals surface area (Å²) in [5.74, 6) is -0.412. The molecule has 6 amide bonds. The molecule has 2 N–H and O–H groups in total. The molecule has 0 aromatic carbocycles. The van der Waals surface area contributed by atoms with Gasteiger partial charge in [-0.15, -0.1) is 0 Å². The van der Waals surface area contributed by atoms with Crippen molar-refractivity contribution in [1.82, 2.24) is 20.4 Å². The molecule has 1 saturated heterocycles. The fourth-order valence-corrected chi connectivity index (χ4v) is 7.87. The van der Waals surface area contributed by atoms with Crippen LogP contribution in [0.15, 0.2) is 0 Å². The van der Waals surface area contributed by atoms with E-state index in [0.29, 0.717) is 43.8 Å². The zero-order valence-electron chi connectivity index (χ0n) is 24.8. The van der Waals surface area contributed by atoms with E-state index < -0.39 is 36.7 Å². The predicted octanol–water partition coefficient (Wildman–Crippen LogP) is -1.79. The second-order valence-corrected chi connectivity index (χ2v) is 14.3. The second kappa shape index (κ2) is 21.0. The molecule has 232 valence electrons. The monoisotopic (exact) mass is 650 g/mol. The maximum Gasteiger partial charge on any atom is 1.00 e. The van der Waals surface area contributed by atoms with Crippen molar-refractivity contribution in [3.8, 4) is 0 Å². The number of nitrogens with one attached hydrogen (secondary N) is 2. The van der Waals surface area contributed by atoms with Crippen LogP contribution in [0, 0.1) is 5.92 Å². The number of rotatable bonds is 23. The summed E-state index contributed by atoms with van der Waals surface area (Å²) in [7, 11) is -7.14. The molecular weight excluding hydrogens is 607 g/mol. The Kier molecular flexibility index (Phi) is 20.6. The summed E-state index contributed by atoms with van der Waals surface area (Å²) in [6, 6.07) is -0.326. The minimum Gasteiger partial charge on any atom is -0.748 e. The first kappa shape index (κ1) is 40.2. The molecule has 0 saturated carbocycles.